The first-order valence-corrected chi connectivity index (χ1v) is 13.8. The van der Waals surface area contributed by atoms with Gasteiger partial charge in [0.05, 0.1) is 16.3 Å². The summed E-state index contributed by atoms with van der Waals surface area (Å²) in [6.45, 7) is 3.58. The van der Waals surface area contributed by atoms with Crippen LogP contribution < -0.4 is 5.32 Å². The number of benzene rings is 2. The summed E-state index contributed by atoms with van der Waals surface area (Å²) >= 11 is 1.35. The Balaban J connectivity index is 1.24. The van der Waals surface area contributed by atoms with Gasteiger partial charge in [0.2, 0.25) is 15.9 Å². The van der Waals surface area contributed by atoms with Gasteiger partial charge in [-0.3, -0.25) is 9.36 Å². The lowest BCUT2D eigenvalue weighted by Gasteiger charge is -2.31. The second-order valence-electron chi connectivity index (χ2n) is 8.22. The molecule has 10 heteroatoms. The van der Waals surface area contributed by atoms with Gasteiger partial charge in [-0.05, 0) is 48.9 Å². The maximum absolute atomic E-state index is 12.8. The molecule has 0 unspecified atom stereocenters. The van der Waals surface area contributed by atoms with Crippen LogP contribution in [0.4, 0.5) is 0 Å². The van der Waals surface area contributed by atoms with Gasteiger partial charge in [0.15, 0.2) is 5.16 Å². The number of carbonyl (C=O) groups excluding carboxylic acids is 1. The fourth-order valence-corrected chi connectivity index (χ4v) is 6.31. The van der Waals surface area contributed by atoms with Crippen molar-refractivity contribution in [3.8, 4) is 5.69 Å². The Morgan fingerprint density at radius 1 is 1.09 bits per heavy atom. The van der Waals surface area contributed by atoms with Gasteiger partial charge in [0, 0.05) is 19.6 Å². The summed E-state index contributed by atoms with van der Waals surface area (Å²) in [6, 6.07) is 16.6. The van der Waals surface area contributed by atoms with E-state index in [0.717, 1.165) is 24.9 Å². The SMILES string of the molecule is CCc1ccccc1-n1cnnc1SCC(=O)NCC1CCN(S(=O)(=O)c2ccccc2)CC1. The maximum Gasteiger partial charge on any atom is 0.243 e. The summed E-state index contributed by atoms with van der Waals surface area (Å²) in [5.41, 5.74) is 2.21. The van der Waals surface area contributed by atoms with Crippen LogP contribution in [0.3, 0.4) is 0 Å². The molecule has 0 radical (unpaired) electrons. The minimum Gasteiger partial charge on any atom is -0.355 e. The average molecular weight is 500 g/mol. The van der Waals surface area contributed by atoms with Crippen LogP contribution in [-0.4, -0.2) is 58.8 Å². The van der Waals surface area contributed by atoms with Crippen LogP contribution in [0.2, 0.25) is 0 Å². The number of piperidine rings is 1. The minimum absolute atomic E-state index is 0.0670. The van der Waals surface area contributed by atoms with Gasteiger partial charge in [-0.15, -0.1) is 10.2 Å². The number of sulfonamides is 1. The van der Waals surface area contributed by atoms with E-state index < -0.39 is 10.0 Å². The molecule has 4 rings (SSSR count). The van der Waals surface area contributed by atoms with Crippen molar-refractivity contribution in [1.29, 1.82) is 0 Å². The van der Waals surface area contributed by atoms with Gasteiger partial charge in [-0.2, -0.15) is 4.31 Å². The van der Waals surface area contributed by atoms with Crippen molar-refractivity contribution in [2.24, 2.45) is 5.92 Å². The first-order valence-electron chi connectivity index (χ1n) is 11.4. The highest BCUT2D eigenvalue weighted by Gasteiger charge is 2.29. The van der Waals surface area contributed by atoms with Gasteiger partial charge >= 0.3 is 0 Å². The minimum atomic E-state index is -3.46. The lowest BCUT2D eigenvalue weighted by Crippen LogP contribution is -2.41. The predicted octanol–water partition coefficient (Wildman–Crippen LogP) is 3.14. The van der Waals surface area contributed by atoms with Crippen LogP contribution in [0, 0.1) is 5.92 Å². The zero-order valence-electron chi connectivity index (χ0n) is 19.1. The lowest BCUT2D eigenvalue weighted by molar-refractivity contribution is -0.118. The first kappa shape index (κ1) is 24.4. The van der Waals surface area contributed by atoms with Crippen molar-refractivity contribution in [1.82, 2.24) is 24.4 Å². The van der Waals surface area contributed by atoms with E-state index in [1.165, 1.54) is 21.6 Å². The van der Waals surface area contributed by atoms with Crippen LogP contribution in [0.25, 0.3) is 5.69 Å². The van der Waals surface area contributed by atoms with Crippen molar-refractivity contribution in [3.05, 3.63) is 66.5 Å². The molecular weight excluding hydrogens is 470 g/mol. The largest absolute Gasteiger partial charge is 0.355 e. The number of para-hydroxylation sites is 1. The van der Waals surface area contributed by atoms with E-state index in [2.05, 4.69) is 28.5 Å². The highest BCUT2D eigenvalue weighted by atomic mass is 32.2. The Kier molecular flexibility index (Phi) is 8.02. The monoisotopic (exact) mass is 499 g/mol. The van der Waals surface area contributed by atoms with Crippen LogP contribution >= 0.6 is 11.8 Å². The first-order chi connectivity index (χ1) is 16.5. The number of nitrogens with one attached hydrogen (secondary N) is 1. The summed E-state index contributed by atoms with van der Waals surface area (Å²) in [7, 11) is -3.46. The van der Waals surface area contributed by atoms with Crippen LogP contribution in [0.15, 0.2) is 71.0 Å². The molecule has 0 spiro atoms. The van der Waals surface area contributed by atoms with Crippen molar-refractivity contribution in [3.63, 3.8) is 0 Å². The van der Waals surface area contributed by atoms with Crippen LogP contribution in [0.1, 0.15) is 25.3 Å². The number of carbonyl (C=O) groups is 1. The molecule has 34 heavy (non-hydrogen) atoms. The van der Waals surface area contributed by atoms with Crippen molar-refractivity contribution < 1.29 is 13.2 Å². The summed E-state index contributed by atoms with van der Waals surface area (Å²) < 4.78 is 29.0. The third-order valence-electron chi connectivity index (χ3n) is 6.02. The molecule has 1 amide bonds. The Morgan fingerprint density at radius 2 is 1.79 bits per heavy atom. The molecule has 8 nitrogen and oxygen atoms in total. The predicted molar refractivity (Wildman–Crippen MR) is 132 cm³/mol. The van der Waals surface area contributed by atoms with Gasteiger partial charge in [-0.1, -0.05) is 55.1 Å². The molecule has 1 aliphatic heterocycles. The van der Waals surface area contributed by atoms with E-state index in [-0.39, 0.29) is 17.6 Å². The van der Waals surface area contributed by atoms with E-state index in [1.54, 1.807) is 36.7 Å². The second-order valence-corrected chi connectivity index (χ2v) is 11.1. The van der Waals surface area contributed by atoms with Crippen molar-refractivity contribution >= 4 is 27.7 Å². The Morgan fingerprint density at radius 3 is 2.53 bits per heavy atom. The number of rotatable bonds is 9. The number of hydrogen-bond acceptors (Lipinski definition) is 6. The summed E-state index contributed by atoms with van der Waals surface area (Å²) in [4.78, 5) is 12.8. The van der Waals surface area contributed by atoms with Crippen molar-refractivity contribution in [2.45, 2.75) is 36.2 Å². The highest BCUT2D eigenvalue weighted by Crippen LogP contribution is 2.24. The molecule has 1 N–H and O–H groups in total. The Bertz CT molecular complexity index is 1210. The molecule has 1 aliphatic rings. The highest BCUT2D eigenvalue weighted by molar-refractivity contribution is 7.99. The topological polar surface area (TPSA) is 97.2 Å². The van der Waals surface area contributed by atoms with Crippen LogP contribution in [0.5, 0.6) is 0 Å². The van der Waals surface area contributed by atoms with E-state index in [9.17, 15) is 13.2 Å². The molecule has 1 fully saturated rings. The summed E-state index contributed by atoms with van der Waals surface area (Å²) in [5.74, 6) is 0.438. The average Bonchev–Trinajstić information content (AvgIpc) is 3.35. The number of aryl methyl sites for hydroxylation is 1. The quantitative estimate of drug-likeness (QED) is 0.455. The number of nitrogens with zero attached hydrogens (tertiary/aromatic N) is 4. The maximum atomic E-state index is 12.8. The zero-order chi connectivity index (χ0) is 24.0. The molecule has 1 aromatic heterocycles. The van der Waals surface area contributed by atoms with Crippen LogP contribution in [-0.2, 0) is 21.2 Å². The lowest BCUT2D eigenvalue weighted by atomic mass is 9.98. The number of aromatic nitrogens is 3. The molecule has 2 heterocycles. The normalized spacial score (nSPS) is 15.3. The van der Waals surface area contributed by atoms with E-state index in [4.69, 9.17) is 0 Å². The molecule has 180 valence electrons. The molecule has 2 aromatic carbocycles. The summed E-state index contributed by atoms with van der Waals surface area (Å²) in [5, 5.41) is 11.9. The molecule has 0 bridgehead atoms. The third-order valence-corrected chi connectivity index (χ3v) is 8.88. The summed E-state index contributed by atoms with van der Waals surface area (Å²) in [6.07, 6.45) is 4.01. The molecule has 0 saturated carbocycles. The van der Waals surface area contributed by atoms with Gasteiger partial charge in [0.25, 0.3) is 0 Å². The number of amides is 1. The molecule has 3 aromatic rings. The number of hydrogen-bond donors (Lipinski definition) is 1. The van der Waals surface area contributed by atoms with E-state index in [1.807, 2.05) is 22.8 Å². The van der Waals surface area contributed by atoms with Gasteiger partial charge in [-0.25, -0.2) is 8.42 Å². The molecular formula is C24H29N5O3S2. The standard InChI is InChI=1S/C24H29N5O3S2/c1-2-20-8-6-7-11-22(20)29-18-26-27-24(29)33-17-23(30)25-16-19-12-14-28(15-13-19)34(31,32)21-9-4-3-5-10-21/h3-11,18-19H,2,12-17H2,1H3,(H,25,30). The van der Waals surface area contributed by atoms with Gasteiger partial charge in [0.1, 0.15) is 6.33 Å². The van der Waals surface area contributed by atoms with Gasteiger partial charge < -0.3 is 5.32 Å². The fourth-order valence-electron chi connectivity index (χ4n) is 4.07. The van der Waals surface area contributed by atoms with E-state index >= 15 is 0 Å². The molecule has 1 saturated heterocycles. The molecule has 0 aliphatic carbocycles. The smallest absolute Gasteiger partial charge is 0.243 e. The second kappa shape index (κ2) is 11.2. The van der Waals surface area contributed by atoms with Crippen molar-refractivity contribution in [2.75, 3.05) is 25.4 Å². The number of thioether (sulfide) groups is 1. The zero-order valence-corrected chi connectivity index (χ0v) is 20.8. The molecule has 0 atom stereocenters. The third kappa shape index (κ3) is 5.68. The fraction of sp³-hybridized carbons (Fsp3) is 0.375. The Labute approximate surface area is 204 Å². The Hall–Kier alpha value is -2.69. The van der Waals surface area contributed by atoms with E-state index in [0.29, 0.717) is 29.7 Å².